The SMILES string of the molecule is Cc1cccc(C)c1S(=O)(=O)Oc1ccc2nc(N)[nH]c2c1. The maximum atomic E-state index is 12.5. The number of nitrogens with one attached hydrogen (secondary N) is 1. The lowest BCUT2D eigenvalue weighted by Gasteiger charge is -2.11. The van der Waals surface area contributed by atoms with Gasteiger partial charge in [-0.05, 0) is 37.1 Å². The van der Waals surface area contributed by atoms with Crippen LogP contribution < -0.4 is 9.92 Å². The molecule has 0 fully saturated rings. The number of nitrogens with two attached hydrogens (primary N) is 1. The van der Waals surface area contributed by atoms with Crippen LogP contribution in [0.25, 0.3) is 11.0 Å². The fraction of sp³-hybridized carbons (Fsp3) is 0.133. The summed E-state index contributed by atoms with van der Waals surface area (Å²) in [4.78, 5) is 7.09. The van der Waals surface area contributed by atoms with Gasteiger partial charge in [-0.1, -0.05) is 18.2 Å². The van der Waals surface area contributed by atoms with Crippen molar-refractivity contribution in [2.24, 2.45) is 0 Å². The summed E-state index contributed by atoms with van der Waals surface area (Å²) in [7, 11) is -3.90. The fourth-order valence-electron chi connectivity index (χ4n) is 2.42. The Morgan fingerprint density at radius 1 is 1.14 bits per heavy atom. The van der Waals surface area contributed by atoms with Crippen LogP contribution in [0.5, 0.6) is 5.75 Å². The first-order chi connectivity index (χ1) is 10.4. The molecule has 114 valence electrons. The molecule has 22 heavy (non-hydrogen) atoms. The van der Waals surface area contributed by atoms with Crippen LogP contribution in [0.3, 0.4) is 0 Å². The van der Waals surface area contributed by atoms with E-state index in [1.165, 1.54) is 0 Å². The zero-order chi connectivity index (χ0) is 15.9. The third-order valence-corrected chi connectivity index (χ3v) is 4.89. The number of anilines is 1. The van der Waals surface area contributed by atoms with Gasteiger partial charge in [-0.25, -0.2) is 4.98 Å². The van der Waals surface area contributed by atoms with Gasteiger partial charge in [0.15, 0.2) is 5.95 Å². The molecule has 3 N–H and O–H groups in total. The molecule has 1 heterocycles. The molecular formula is C15H15N3O3S. The molecule has 3 aromatic rings. The Balaban J connectivity index is 2.02. The quantitative estimate of drug-likeness (QED) is 0.723. The molecule has 3 rings (SSSR count). The van der Waals surface area contributed by atoms with E-state index in [2.05, 4.69) is 9.97 Å². The van der Waals surface area contributed by atoms with Crippen molar-refractivity contribution in [2.45, 2.75) is 18.7 Å². The van der Waals surface area contributed by atoms with Crippen LogP contribution in [0.15, 0.2) is 41.3 Å². The van der Waals surface area contributed by atoms with Crippen molar-refractivity contribution in [1.82, 2.24) is 9.97 Å². The van der Waals surface area contributed by atoms with Gasteiger partial charge in [0.25, 0.3) is 0 Å². The summed E-state index contributed by atoms with van der Waals surface area (Å²) in [6, 6.07) is 10.0. The summed E-state index contributed by atoms with van der Waals surface area (Å²) in [6.07, 6.45) is 0. The molecule has 0 saturated heterocycles. The summed E-state index contributed by atoms with van der Waals surface area (Å²) in [5, 5.41) is 0. The van der Waals surface area contributed by atoms with Crippen molar-refractivity contribution in [3.63, 3.8) is 0 Å². The number of hydrogen-bond donors (Lipinski definition) is 2. The monoisotopic (exact) mass is 317 g/mol. The van der Waals surface area contributed by atoms with Crippen LogP contribution >= 0.6 is 0 Å². The molecule has 0 bridgehead atoms. The van der Waals surface area contributed by atoms with Crippen molar-refractivity contribution in [1.29, 1.82) is 0 Å². The van der Waals surface area contributed by atoms with Gasteiger partial charge in [0.05, 0.1) is 11.0 Å². The number of nitrogens with zero attached hydrogens (tertiary/aromatic N) is 1. The number of H-pyrrole nitrogens is 1. The lowest BCUT2D eigenvalue weighted by atomic mass is 10.2. The number of rotatable bonds is 3. The molecule has 0 spiro atoms. The molecule has 0 amide bonds. The molecular weight excluding hydrogens is 302 g/mol. The number of aromatic amines is 1. The van der Waals surface area contributed by atoms with Gasteiger partial charge in [0.2, 0.25) is 0 Å². The predicted octanol–water partition coefficient (Wildman–Crippen LogP) is 2.53. The van der Waals surface area contributed by atoms with E-state index in [0.29, 0.717) is 22.2 Å². The number of imidazole rings is 1. The molecule has 1 aromatic heterocycles. The maximum Gasteiger partial charge on any atom is 0.339 e. The molecule has 0 aliphatic rings. The first-order valence-corrected chi connectivity index (χ1v) is 8.03. The molecule has 0 aliphatic heterocycles. The van der Waals surface area contributed by atoms with Gasteiger partial charge < -0.3 is 14.9 Å². The van der Waals surface area contributed by atoms with Gasteiger partial charge >= 0.3 is 10.1 Å². The Bertz CT molecular complexity index is 941. The second-order valence-electron chi connectivity index (χ2n) is 5.06. The second-order valence-corrected chi connectivity index (χ2v) is 6.54. The van der Waals surface area contributed by atoms with Crippen LogP contribution in [0.1, 0.15) is 11.1 Å². The number of aryl methyl sites for hydroxylation is 2. The van der Waals surface area contributed by atoms with Crippen molar-refractivity contribution < 1.29 is 12.6 Å². The lowest BCUT2D eigenvalue weighted by molar-refractivity contribution is 0.485. The second kappa shape index (κ2) is 5.03. The third kappa shape index (κ3) is 2.50. The number of aromatic nitrogens is 2. The Morgan fingerprint density at radius 3 is 2.50 bits per heavy atom. The van der Waals surface area contributed by atoms with E-state index in [1.807, 2.05) is 6.07 Å². The van der Waals surface area contributed by atoms with Crippen LogP contribution in [0.2, 0.25) is 0 Å². The summed E-state index contributed by atoms with van der Waals surface area (Å²) in [5.41, 5.74) is 8.13. The number of fused-ring (bicyclic) bond motifs is 1. The largest absolute Gasteiger partial charge is 0.379 e. The van der Waals surface area contributed by atoms with Gasteiger partial charge in [-0.2, -0.15) is 8.42 Å². The van der Waals surface area contributed by atoms with Crippen LogP contribution in [-0.4, -0.2) is 18.4 Å². The molecule has 6 nitrogen and oxygen atoms in total. The Labute approximate surface area is 128 Å². The van der Waals surface area contributed by atoms with Gasteiger partial charge in [0, 0.05) is 6.07 Å². The Hall–Kier alpha value is -2.54. The number of hydrogen-bond acceptors (Lipinski definition) is 5. The van der Waals surface area contributed by atoms with Crippen LogP contribution in [0.4, 0.5) is 5.95 Å². The smallest absolute Gasteiger partial charge is 0.339 e. The molecule has 0 aliphatic carbocycles. The molecule has 0 unspecified atom stereocenters. The normalized spacial score (nSPS) is 11.7. The van der Waals surface area contributed by atoms with E-state index < -0.39 is 10.1 Å². The summed E-state index contributed by atoms with van der Waals surface area (Å²) in [6.45, 7) is 3.48. The average molecular weight is 317 g/mol. The zero-order valence-electron chi connectivity index (χ0n) is 12.1. The highest BCUT2D eigenvalue weighted by Gasteiger charge is 2.21. The molecule has 0 saturated carbocycles. The van der Waals surface area contributed by atoms with E-state index in [0.717, 1.165) is 0 Å². The molecule has 2 aromatic carbocycles. The number of benzene rings is 2. The van der Waals surface area contributed by atoms with Gasteiger partial charge in [-0.15, -0.1) is 0 Å². The average Bonchev–Trinajstić information content (AvgIpc) is 2.77. The van der Waals surface area contributed by atoms with Crippen LogP contribution in [-0.2, 0) is 10.1 Å². The van der Waals surface area contributed by atoms with E-state index in [4.69, 9.17) is 9.92 Å². The van der Waals surface area contributed by atoms with Crippen LogP contribution in [0, 0.1) is 13.8 Å². The van der Waals surface area contributed by atoms with Crippen molar-refractivity contribution in [3.8, 4) is 5.75 Å². The minimum atomic E-state index is -3.90. The zero-order valence-corrected chi connectivity index (χ0v) is 12.9. The highest BCUT2D eigenvalue weighted by Crippen LogP contribution is 2.26. The van der Waals surface area contributed by atoms with Crippen molar-refractivity contribution in [3.05, 3.63) is 47.5 Å². The Morgan fingerprint density at radius 2 is 1.82 bits per heavy atom. The van der Waals surface area contributed by atoms with Crippen molar-refractivity contribution in [2.75, 3.05) is 5.73 Å². The highest BCUT2D eigenvalue weighted by molar-refractivity contribution is 7.87. The molecule has 0 radical (unpaired) electrons. The lowest BCUT2D eigenvalue weighted by Crippen LogP contribution is -2.12. The first-order valence-electron chi connectivity index (χ1n) is 6.63. The Kier molecular flexibility index (Phi) is 3.29. The fourth-order valence-corrected chi connectivity index (χ4v) is 3.79. The van der Waals surface area contributed by atoms with Gasteiger partial charge in [0.1, 0.15) is 10.6 Å². The van der Waals surface area contributed by atoms with E-state index >= 15 is 0 Å². The third-order valence-electron chi connectivity index (χ3n) is 3.34. The summed E-state index contributed by atoms with van der Waals surface area (Å²) >= 11 is 0. The van der Waals surface area contributed by atoms with Crippen molar-refractivity contribution >= 4 is 27.1 Å². The topological polar surface area (TPSA) is 98.1 Å². The standard InChI is InChI=1S/C15H15N3O3S/c1-9-4-3-5-10(2)14(9)22(19,20)21-11-6-7-12-13(8-11)18-15(16)17-12/h3-8H,1-2H3,(H3,16,17,18). The first kappa shape index (κ1) is 14.4. The maximum absolute atomic E-state index is 12.5. The highest BCUT2D eigenvalue weighted by atomic mass is 32.2. The minimum Gasteiger partial charge on any atom is -0.379 e. The van der Waals surface area contributed by atoms with Gasteiger partial charge in [-0.3, -0.25) is 0 Å². The molecule has 7 heteroatoms. The molecule has 0 atom stereocenters. The summed E-state index contributed by atoms with van der Waals surface area (Å²) in [5.74, 6) is 0.476. The summed E-state index contributed by atoms with van der Waals surface area (Å²) < 4.78 is 30.3. The van der Waals surface area contributed by atoms with E-state index in [1.54, 1.807) is 44.2 Å². The minimum absolute atomic E-state index is 0.194. The van der Waals surface area contributed by atoms with E-state index in [-0.39, 0.29) is 16.6 Å². The number of nitrogen functional groups attached to an aromatic ring is 1. The predicted molar refractivity (Wildman–Crippen MR) is 84.2 cm³/mol. The van der Waals surface area contributed by atoms with E-state index in [9.17, 15) is 8.42 Å².